The lowest BCUT2D eigenvalue weighted by Crippen LogP contribution is -2.10. The number of carbonyl (C=O) groups is 2. The van der Waals surface area contributed by atoms with E-state index < -0.39 is 0 Å². The van der Waals surface area contributed by atoms with E-state index in [0.29, 0.717) is 6.42 Å². The molecule has 2 aromatic rings. The van der Waals surface area contributed by atoms with Crippen molar-refractivity contribution < 1.29 is 9.59 Å². The van der Waals surface area contributed by atoms with E-state index in [0.717, 1.165) is 36.1 Å². The van der Waals surface area contributed by atoms with Crippen LogP contribution in [0, 0.1) is 6.92 Å². The lowest BCUT2D eigenvalue weighted by molar-refractivity contribution is -0.112. The van der Waals surface area contributed by atoms with Crippen LogP contribution in [0.5, 0.6) is 0 Å². The Kier molecular flexibility index (Phi) is 9.72. The first-order chi connectivity index (χ1) is 14.0. The number of unbranched alkanes of at least 4 members (excludes halogenated alkanes) is 2. The van der Waals surface area contributed by atoms with Crippen LogP contribution in [0.3, 0.4) is 0 Å². The van der Waals surface area contributed by atoms with Crippen molar-refractivity contribution in [2.24, 2.45) is 0 Å². The smallest absolute Gasteiger partial charge is 0.248 e. The maximum atomic E-state index is 12.4. The molecular weight excluding hydrogens is 378 g/mol. The fourth-order valence-electron chi connectivity index (χ4n) is 3.31. The van der Waals surface area contributed by atoms with Gasteiger partial charge in [0.25, 0.3) is 0 Å². The number of para-hydroxylation sites is 1. The molecule has 0 unspecified atom stereocenters. The molecule has 0 saturated heterocycles. The highest BCUT2D eigenvalue weighted by atomic mass is 32.1. The van der Waals surface area contributed by atoms with Gasteiger partial charge in [-0.25, -0.2) is 0 Å². The molecule has 0 aliphatic carbocycles. The first-order valence-electron chi connectivity index (χ1n) is 10.4. The zero-order valence-electron chi connectivity index (χ0n) is 17.4. The summed E-state index contributed by atoms with van der Waals surface area (Å²) in [6.45, 7) is 4.34. The van der Waals surface area contributed by atoms with Gasteiger partial charge in [0.15, 0.2) is 5.12 Å². The third-order valence-electron chi connectivity index (χ3n) is 4.96. The standard InChI is InChI=1S/C25H31NO2S/c1-3-4-5-9-21-16-14-20(18-19(21)2)15-17-24(27)26-23-12-7-6-10-22(23)11-8-13-25(28)29/h6-7,10,12,14-18H,3-5,8-9,11,13H2,1-2H3,(H,26,27)(H,28,29). The topological polar surface area (TPSA) is 46.2 Å². The number of hydrogen-bond acceptors (Lipinski definition) is 2. The second kappa shape index (κ2) is 12.3. The van der Waals surface area contributed by atoms with Gasteiger partial charge in [-0.2, -0.15) is 0 Å². The van der Waals surface area contributed by atoms with E-state index in [1.165, 1.54) is 30.4 Å². The van der Waals surface area contributed by atoms with E-state index in [4.69, 9.17) is 0 Å². The van der Waals surface area contributed by atoms with E-state index in [9.17, 15) is 9.59 Å². The maximum absolute atomic E-state index is 12.4. The fraction of sp³-hybridized carbons (Fsp3) is 0.360. The summed E-state index contributed by atoms with van der Waals surface area (Å²) in [5.74, 6) is -0.160. The minimum Gasteiger partial charge on any atom is -0.322 e. The SMILES string of the molecule is CCCCCc1ccc(C=CC(=O)Nc2ccccc2CCCC(=O)S)cc1C. The molecule has 0 bridgehead atoms. The Labute approximate surface area is 180 Å². The summed E-state index contributed by atoms with van der Waals surface area (Å²) < 4.78 is 0. The average Bonchev–Trinajstić information content (AvgIpc) is 2.69. The van der Waals surface area contributed by atoms with Crippen LogP contribution in [0.2, 0.25) is 0 Å². The van der Waals surface area contributed by atoms with Crippen molar-refractivity contribution in [1.29, 1.82) is 0 Å². The second-order valence-electron chi connectivity index (χ2n) is 7.37. The van der Waals surface area contributed by atoms with Gasteiger partial charge < -0.3 is 5.32 Å². The van der Waals surface area contributed by atoms with E-state index in [1.54, 1.807) is 6.08 Å². The Morgan fingerprint density at radius 2 is 1.76 bits per heavy atom. The highest BCUT2D eigenvalue weighted by Crippen LogP contribution is 2.19. The van der Waals surface area contributed by atoms with Gasteiger partial charge in [-0.05, 0) is 67.0 Å². The van der Waals surface area contributed by atoms with Crippen LogP contribution in [-0.2, 0) is 22.4 Å². The molecule has 154 valence electrons. The van der Waals surface area contributed by atoms with Crippen LogP contribution < -0.4 is 5.32 Å². The summed E-state index contributed by atoms with van der Waals surface area (Å²) in [6.07, 6.45) is 10.1. The van der Waals surface area contributed by atoms with Gasteiger partial charge in [-0.1, -0.05) is 56.2 Å². The molecule has 1 N–H and O–H groups in total. The van der Waals surface area contributed by atoms with Crippen LogP contribution in [0.25, 0.3) is 6.08 Å². The van der Waals surface area contributed by atoms with Crippen molar-refractivity contribution in [1.82, 2.24) is 0 Å². The quantitative estimate of drug-likeness (QED) is 0.265. The molecule has 0 heterocycles. The Morgan fingerprint density at radius 1 is 1.00 bits per heavy atom. The second-order valence-corrected chi connectivity index (χ2v) is 7.87. The Morgan fingerprint density at radius 3 is 2.48 bits per heavy atom. The Balaban J connectivity index is 1.96. The molecule has 0 saturated carbocycles. The average molecular weight is 410 g/mol. The zero-order chi connectivity index (χ0) is 21.1. The van der Waals surface area contributed by atoms with Gasteiger partial charge in [-0.15, -0.1) is 12.6 Å². The van der Waals surface area contributed by atoms with E-state index in [2.05, 4.69) is 50.0 Å². The minimum atomic E-state index is -0.160. The molecule has 0 radical (unpaired) electrons. The third kappa shape index (κ3) is 8.28. The van der Waals surface area contributed by atoms with Gasteiger partial charge in [0, 0.05) is 18.2 Å². The molecule has 0 spiro atoms. The van der Waals surface area contributed by atoms with Crippen LogP contribution >= 0.6 is 12.6 Å². The Hall–Kier alpha value is -2.33. The molecule has 2 rings (SSSR count). The Bertz CT molecular complexity index is 858. The third-order valence-corrected chi connectivity index (χ3v) is 5.18. The summed E-state index contributed by atoms with van der Waals surface area (Å²) in [6, 6.07) is 14.1. The minimum absolute atomic E-state index is 0.110. The summed E-state index contributed by atoms with van der Waals surface area (Å²) >= 11 is 3.81. The van der Waals surface area contributed by atoms with E-state index in [-0.39, 0.29) is 11.0 Å². The monoisotopic (exact) mass is 409 g/mol. The van der Waals surface area contributed by atoms with Gasteiger partial charge in [0.1, 0.15) is 0 Å². The number of nitrogens with one attached hydrogen (secondary N) is 1. The number of rotatable bonds is 11. The van der Waals surface area contributed by atoms with Crippen molar-refractivity contribution in [3.8, 4) is 0 Å². The van der Waals surface area contributed by atoms with Crippen LogP contribution in [0.15, 0.2) is 48.5 Å². The normalized spacial score (nSPS) is 11.0. The highest BCUT2D eigenvalue weighted by Gasteiger charge is 2.06. The lowest BCUT2D eigenvalue weighted by atomic mass is 10.00. The van der Waals surface area contributed by atoms with Crippen LogP contribution in [-0.4, -0.2) is 11.0 Å². The number of hydrogen-bond donors (Lipinski definition) is 2. The van der Waals surface area contributed by atoms with Gasteiger partial charge in [0.2, 0.25) is 5.91 Å². The van der Waals surface area contributed by atoms with Crippen molar-refractivity contribution in [2.45, 2.75) is 58.8 Å². The number of thiol groups is 1. The van der Waals surface area contributed by atoms with E-state index in [1.807, 2.05) is 30.3 Å². The molecule has 29 heavy (non-hydrogen) atoms. The first kappa shape index (κ1) is 23.0. The predicted molar refractivity (Wildman–Crippen MR) is 125 cm³/mol. The fourth-order valence-corrected chi connectivity index (χ4v) is 3.46. The predicted octanol–water partition coefficient (Wildman–Crippen LogP) is 6.16. The van der Waals surface area contributed by atoms with Crippen LogP contribution in [0.1, 0.15) is 61.3 Å². The van der Waals surface area contributed by atoms with Crippen LogP contribution in [0.4, 0.5) is 5.69 Å². The van der Waals surface area contributed by atoms with Crippen molar-refractivity contribution in [2.75, 3.05) is 5.32 Å². The van der Waals surface area contributed by atoms with Gasteiger partial charge in [0.05, 0.1) is 0 Å². The van der Waals surface area contributed by atoms with Crippen molar-refractivity contribution in [3.63, 3.8) is 0 Å². The van der Waals surface area contributed by atoms with Gasteiger partial charge >= 0.3 is 0 Å². The highest BCUT2D eigenvalue weighted by molar-refractivity contribution is 7.96. The number of aryl methyl sites for hydroxylation is 3. The van der Waals surface area contributed by atoms with Gasteiger partial charge in [-0.3, -0.25) is 9.59 Å². The molecule has 0 fully saturated rings. The number of carbonyl (C=O) groups excluding carboxylic acids is 2. The molecular formula is C25H31NO2S. The van der Waals surface area contributed by atoms with Crippen molar-refractivity contribution in [3.05, 3.63) is 70.8 Å². The molecule has 0 aliphatic heterocycles. The van der Waals surface area contributed by atoms with E-state index >= 15 is 0 Å². The summed E-state index contributed by atoms with van der Waals surface area (Å²) in [5.41, 5.74) is 5.49. The number of anilines is 1. The first-order valence-corrected chi connectivity index (χ1v) is 10.8. The number of benzene rings is 2. The molecule has 2 aromatic carbocycles. The molecule has 0 aliphatic rings. The molecule has 4 heteroatoms. The summed E-state index contributed by atoms with van der Waals surface area (Å²) in [5, 5.41) is 2.84. The molecule has 0 atom stereocenters. The van der Waals surface area contributed by atoms with Crippen molar-refractivity contribution >= 4 is 35.4 Å². The summed E-state index contributed by atoms with van der Waals surface area (Å²) in [7, 11) is 0. The summed E-state index contributed by atoms with van der Waals surface area (Å²) in [4.78, 5) is 23.4. The molecule has 3 nitrogen and oxygen atoms in total. The number of amides is 1. The zero-order valence-corrected chi connectivity index (χ0v) is 18.3. The largest absolute Gasteiger partial charge is 0.322 e. The molecule has 0 aromatic heterocycles. The molecule has 1 amide bonds. The maximum Gasteiger partial charge on any atom is 0.248 e. The lowest BCUT2D eigenvalue weighted by Gasteiger charge is -2.09.